The Bertz CT molecular complexity index is 829. The molecule has 6 nitrogen and oxygen atoms in total. The predicted molar refractivity (Wildman–Crippen MR) is 86.0 cm³/mol. The highest BCUT2D eigenvalue weighted by atomic mass is 35.5. The van der Waals surface area contributed by atoms with Gasteiger partial charge in [0.1, 0.15) is 5.02 Å². The van der Waals surface area contributed by atoms with Gasteiger partial charge >= 0.3 is 0 Å². The lowest BCUT2D eigenvalue weighted by atomic mass is 10.2. The van der Waals surface area contributed by atoms with E-state index in [4.69, 9.17) is 11.6 Å². The van der Waals surface area contributed by atoms with Crippen molar-refractivity contribution in [3.05, 3.63) is 51.4 Å². The van der Waals surface area contributed by atoms with E-state index in [1.165, 1.54) is 13.2 Å². The molecule has 1 aromatic heterocycles. The van der Waals surface area contributed by atoms with Gasteiger partial charge in [0.15, 0.2) is 9.84 Å². The van der Waals surface area contributed by atoms with Gasteiger partial charge in [0.25, 0.3) is 5.56 Å². The van der Waals surface area contributed by atoms with E-state index in [9.17, 15) is 13.2 Å². The maximum Gasteiger partial charge on any atom is 0.287 e. The lowest BCUT2D eigenvalue weighted by molar-refractivity contribution is 0.597. The van der Waals surface area contributed by atoms with Gasteiger partial charge in [-0.1, -0.05) is 30.7 Å². The molecule has 22 heavy (non-hydrogen) atoms. The van der Waals surface area contributed by atoms with Crippen LogP contribution in [0.5, 0.6) is 0 Å². The summed E-state index contributed by atoms with van der Waals surface area (Å²) in [4.78, 5) is 11.9. The van der Waals surface area contributed by atoms with Crippen LogP contribution in [0.1, 0.15) is 12.5 Å². The van der Waals surface area contributed by atoms with Gasteiger partial charge in [-0.2, -0.15) is 5.10 Å². The van der Waals surface area contributed by atoms with Crippen LogP contribution < -0.4 is 10.9 Å². The van der Waals surface area contributed by atoms with Gasteiger partial charge in [-0.25, -0.2) is 13.1 Å². The van der Waals surface area contributed by atoms with Crippen LogP contribution in [-0.4, -0.2) is 24.0 Å². The van der Waals surface area contributed by atoms with Crippen LogP contribution in [0.25, 0.3) is 0 Å². The van der Waals surface area contributed by atoms with Crippen molar-refractivity contribution in [2.24, 2.45) is 7.05 Å². The molecule has 0 aliphatic heterocycles. The first-order valence-corrected chi connectivity index (χ1v) is 8.65. The van der Waals surface area contributed by atoms with Gasteiger partial charge in [-0.05, 0) is 17.7 Å². The first-order valence-electron chi connectivity index (χ1n) is 6.62. The van der Waals surface area contributed by atoms with Crippen molar-refractivity contribution >= 4 is 27.1 Å². The third-order valence-corrected chi connectivity index (χ3v) is 5.34. The number of nitrogens with one attached hydrogen (secondary N) is 1. The summed E-state index contributed by atoms with van der Waals surface area (Å²) in [6, 6.07) is 6.58. The number of halogens is 1. The number of aromatic nitrogens is 2. The number of benzene rings is 1. The fourth-order valence-electron chi connectivity index (χ4n) is 1.81. The number of rotatable bonds is 5. The standard InChI is InChI=1S/C14H16ClN3O3S/c1-3-22(20,21)11-6-4-10(5-7-11)8-16-12-9-17-18(2)14(19)13(12)15/h4-7,9,16H,3,8H2,1-2H3. The zero-order valence-corrected chi connectivity index (χ0v) is 13.8. The molecule has 0 saturated carbocycles. The van der Waals surface area contributed by atoms with Crippen LogP contribution in [0, 0.1) is 0 Å². The minimum absolute atomic E-state index is 0.0686. The minimum atomic E-state index is -3.19. The molecular formula is C14H16ClN3O3S. The number of anilines is 1. The van der Waals surface area contributed by atoms with Crippen molar-refractivity contribution in [3.8, 4) is 0 Å². The molecule has 0 aliphatic carbocycles. The number of sulfone groups is 1. The van der Waals surface area contributed by atoms with E-state index >= 15 is 0 Å². The third kappa shape index (κ3) is 3.48. The molecule has 0 atom stereocenters. The Balaban J connectivity index is 2.13. The maximum absolute atomic E-state index is 11.7. The Kier molecular flexibility index (Phi) is 4.87. The Morgan fingerprint density at radius 2 is 1.91 bits per heavy atom. The summed E-state index contributed by atoms with van der Waals surface area (Å²) in [5.41, 5.74) is 0.929. The first kappa shape index (κ1) is 16.5. The van der Waals surface area contributed by atoms with Gasteiger partial charge in [0.05, 0.1) is 22.5 Å². The predicted octanol–water partition coefficient (Wildman–Crippen LogP) is 1.84. The normalized spacial score (nSPS) is 11.4. The molecule has 0 bridgehead atoms. The second kappa shape index (κ2) is 6.50. The quantitative estimate of drug-likeness (QED) is 0.897. The molecule has 2 aromatic rings. The van der Waals surface area contributed by atoms with Crippen molar-refractivity contribution in [3.63, 3.8) is 0 Å². The Labute approximate surface area is 133 Å². The molecule has 0 radical (unpaired) electrons. The highest BCUT2D eigenvalue weighted by Crippen LogP contribution is 2.17. The molecule has 0 amide bonds. The first-order chi connectivity index (χ1) is 10.3. The second-order valence-corrected chi connectivity index (χ2v) is 7.36. The van der Waals surface area contributed by atoms with E-state index in [2.05, 4.69) is 10.4 Å². The zero-order valence-electron chi connectivity index (χ0n) is 12.2. The van der Waals surface area contributed by atoms with Gasteiger partial charge in [-0.15, -0.1) is 0 Å². The minimum Gasteiger partial charge on any atom is -0.378 e. The molecule has 1 aromatic carbocycles. The molecule has 0 fully saturated rings. The van der Waals surface area contributed by atoms with Crippen LogP contribution in [0.15, 0.2) is 40.2 Å². The summed E-state index contributed by atoms with van der Waals surface area (Å²) in [6.07, 6.45) is 1.47. The Morgan fingerprint density at radius 3 is 2.50 bits per heavy atom. The van der Waals surface area contributed by atoms with E-state index in [1.54, 1.807) is 31.2 Å². The second-order valence-electron chi connectivity index (χ2n) is 4.70. The van der Waals surface area contributed by atoms with Crippen molar-refractivity contribution in [2.45, 2.75) is 18.4 Å². The fourth-order valence-corrected chi connectivity index (χ4v) is 2.93. The van der Waals surface area contributed by atoms with Crippen molar-refractivity contribution in [2.75, 3.05) is 11.1 Å². The monoisotopic (exact) mass is 341 g/mol. The largest absolute Gasteiger partial charge is 0.378 e. The van der Waals surface area contributed by atoms with Crippen LogP contribution in [-0.2, 0) is 23.4 Å². The van der Waals surface area contributed by atoms with Crippen molar-refractivity contribution in [1.82, 2.24) is 9.78 Å². The van der Waals surface area contributed by atoms with Crippen LogP contribution in [0.3, 0.4) is 0 Å². The molecule has 1 N–H and O–H groups in total. The third-order valence-electron chi connectivity index (χ3n) is 3.22. The number of hydrogen-bond donors (Lipinski definition) is 1. The molecule has 0 aliphatic rings. The van der Waals surface area contributed by atoms with E-state index < -0.39 is 9.84 Å². The topological polar surface area (TPSA) is 81.1 Å². The average Bonchev–Trinajstić information content (AvgIpc) is 2.52. The van der Waals surface area contributed by atoms with E-state index in [1.807, 2.05) is 0 Å². The number of hydrogen-bond acceptors (Lipinski definition) is 5. The summed E-state index contributed by atoms with van der Waals surface area (Å²) in [6.45, 7) is 2.01. The SMILES string of the molecule is CCS(=O)(=O)c1ccc(CNc2cnn(C)c(=O)c2Cl)cc1. The lowest BCUT2D eigenvalue weighted by Gasteiger charge is -2.09. The Hall–Kier alpha value is -1.86. The molecule has 0 spiro atoms. The summed E-state index contributed by atoms with van der Waals surface area (Å²) in [5, 5.41) is 6.97. The van der Waals surface area contributed by atoms with Crippen molar-refractivity contribution < 1.29 is 8.42 Å². The highest BCUT2D eigenvalue weighted by molar-refractivity contribution is 7.91. The highest BCUT2D eigenvalue weighted by Gasteiger charge is 2.11. The molecule has 2 rings (SSSR count). The van der Waals surface area contributed by atoms with Crippen LogP contribution in [0.4, 0.5) is 5.69 Å². The Morgan fingerprint density at radius 1 is 1.27 bits per heavy atom. The smallest absolute Gasteiger partial charge is 0.287 e. The molecule has 0 saturated heterocycles. The van der Waals surface area contributed by atoms with Crippen LogP contribution >= 0.6 is 11.6 Å². The van der Waals surface area contributed by atoms with Gasteiger partial charge in [-0.3, -0.25) is 4.79 Å². The summed E-state index contributed by atoms with van der Waals surface area (Å²) < 4.78 is 24.6. The maximum atomic E-state index is 11.7. The fraction of sp³-hybridized carbons (Fsp3) is 0.286. The average molecular weight is 342 g/mol. The van der Waals surface area contributed by atoms with E-state index in [-0.39, 0.29) is 16.3 Å². The summed E-state index contributed by atoms with van der Waals surface area (Å²) in [7, 11) is -1.68. The molecule has 8 heteroatoms. The molecule has 1 heterocycles. The van der Waals surface area contributed by atoms with E-state index in [0.717, 1.165) is 10.2 Å². The number of aryl methyl sites for hydroxylation is 1. The number of nitrogens with zero attached hydrogens (tertiary/aromatic N) is 2. The van der Waals surface area contributed by atoms with Gasteiger partial charge in [0.2, 0.25) is 0 Å². The van der Waals surface area contributed by atoms with E-state index in [0.29, 0.717) is 17.1 Å². The van der Waals surface area contributed by atoms with Crippen LogP contribution in [0.2, 0.25) is 5.02 Å². The van der Waals surface area contributed by atoms with Crippen molar-refractivity contribution in [1.29, 1.82) is 0 Å². The summed E-state index contributed by atoms with van der Waals surface area (Å²) in [5.74, 6) is 0.0686. The van der Waals surface area contributed by atoms with Gasteiger partial charge < -0.3 is 5.32 Å². The molecule has 0 unspecified atom stereocenters. The molecular weight excluding hydrogens is 326 g/mol. The zero-order chi connectivity index (χ0) is 16.3. The van der Waals surface area contributed by atoms with Gasteiger partial charge in [0, 0.05) is 13.6 Å². The molecule has 118 valence electrons. The summed E-state index contributed by atoms with van der Waals surface area (Å²) >= 11 is 5.95. The lowest BCUT2D eigenvalue weighted by Crippen LogP contribution is -2.21.